The first kappa shape index (κ1) is 20.8. The summed E-state index contributed by atoms with van der Waals surface area (Å²) in [6.07, 6.45) is 0.431. The highest BCUT2D eigenvalue weighted by atomic mass is 32.2. The van der Waals surface area contributed by atoms with Crippen molar-refractivity contribution in [3.05, 3.63) is 65.0 Å². The van der Waals surface area contributed by atoms with Crippen LogP contribution in [0.3, 0.4) is 0 Å². The first-order valence-corrected chi connectivity index (χ1v) is 9.93. The molecule has 152 valence electrons. The average molecular weight is 418 g/mol. The minimum Gasteiger partial charge on any atom is -0.496 e. The van der Waals surface area contributed by atoms with Crippen LogP contribution in [0, 0.1) is 6.92 Å². The van der Waals surface area contributed by atoms with Gasteiger partial charge < -0.3 is 9.47 Å². The van der Waals surface area contributed by atoms with E-state index in [9.17, 15) is 8.78 Å². The summed E-state index contributed by atoms with van der Waals surface area (Å²) in [7, 11) is 1.58. The molecule has 9 heteroatoms. The molecule has 6 nitrogen and oxygen atoms in total. The Morgan fingerprint density at radius 1 is 1.17 bits per heavy atom. The van der Waals surface area contributed by atoms with Crippen LogP contribution in [-0.4, -0.2) is 34.5 Å². The van der Waals surface area contributed by atoms with Crippen molar-refractivity contribution in [2.24, 2.45) is 5.10 Å². The number of ether oxygens (including phenoxy) is 2. The van der Waals surface area contributed by atoms with Crippen molar-refractivity contribution < 1.29 is 18.3 Å². The maximum absolute atomic E-state index is 13.1. The molecule has 0 atom stereocenters. The van der Waals surface area contributed by atoms with Crippen LogP contribution in [-0.2, 0) is 6.61 Å². The van der Waals surface area contributed by atoms with Crippen molar-refractivity contribution in [1.29, 1.82) is 0 Å². The van der Waals surface area contributed by atoms with Crippen molar-refractivity contribution in [2.75, 3.05) is 13.4 Å². The Morgan fingerprint density at radius 2 is 1.97 bits per heavy atom. The normalized spacial score (nSPS) is 11.4. The predicted octanol–water partition coefficient (Wildman–Crippen LogP) is 4.72. The van der Waals surface area contributed by atoms with Gasteiger partial charge in [0.1, 0.15) is 18.1 Å². The second-order valence-electron chi connectivity index (χ2n) is 6.03. The molecular formula is C20H20F2N4O2S. The number of nitrogens with zero attached hydrogens (tertiary/aromatic N) is 4. The zero-order valence-electron chi connectivity index (χ0n) is 16.2. The number of alkyl halides is 2. The van der Waals surface area contributed by atoms with Crippen molar-refractivity contribution >= 4 is 18.0 Å². The van der Waals surface area contributed by atoms with Crippen LogP contribution in [0.1, 0.15) is 28.9 Å². The molecule has 0 saturated carbocycles. The first-order chi connectivity index (χ1) is 14.0. The molecule has 0 unspecified atom stereocenters. The first-order valence-electron chi connectivity index (χ1n) is 8.70. The lowest BCUT2D eigenvalue weighted by Crippen LogP contribution is -2.02. The molecule has 0 N–H and O–H groups in total. The molecule has 0 fully saturated rings. The molecule has 0 aliphatic carbocycles. The third kappa shape index (κ3) is 4.92. The van der Waals surface area contributed by atoms with Gasteiger partial charge in [-0.2, -0.15) is 9.78 Å². The van der Waals surface area contributed by atoms with Gasteiger partial charge in [0.05, 0.1) is 13.3 Å². The van der Waals surface area contributed by atoms with Gasteiger partial charge >= 0.3 is 0 Å². The van der Waals surface area contributed by atoms with Crippen molar-refractivity contribution in [3.8, 4) is 11.5 Å². The van der Waals surface area contributed by atoms with E-state index >= 15 is 0 Å². The van der Waals surface area contributed by atoms with Gasteiger partial charge in [-0.05, 0) is 48.6 Å². The van der Waals surface area contributed by atoms with E-state index in [1.54, 1.807) is 25.5 Å². The lowest BCUT2D eigenvalue weighted by molar-refractivity contribution is 0.135. The SMILES string of the molecule is COc1ccc(/C=N\n2c(SC)nnc2C(F)F)cc1COc1ccccc1C. The Hall–Kier alpha value is -2.94. The van der Waals surface area contributed by atoms with Crippen LogP contribution in [0.25, 0.3) is 0 Å². The molecular weight excluding hydrogens is 398 g/mol. The molecule has 2 aromatic carbocycles. The zero-order valence-corrected chi connectivity index (χ0v) is 17.0. The van der Waals surface area contributed by atoms with Crippen LogP contribution in [0.2, 0.25) is 0 Å². The van der Waals surface area contributed by atoms with E-state index in [1.807, 2.05) is 37.3 Å². The van der Waals surface area contributed by atoms with Gasteiger partial charge in [-0.15, -0.1) is 10.2 Å². The Labute approximate surface area is 171 Å². The molecule has 0 aliphatic heterocycles. The van der Waals surface area contributed by atoms with E-state index in [4.69, 9.17) is 9.47 Å². The summed E-state index contributed by atoms with van der Waals surface area (Å²) in [5.74, 6) is 0.949. The molecule has 0 aliphatic rings. The highest BCUT2D eigenvalue weighted by Crippen LogP contribution is 2.24. The molecule has 1 aromatic heterocycles. The molecule has 0 spiro atoms. The number of hydrogen-bond donors (Lipinski definition) is 0. The standard InChI is InChI=1S/C20H20F2N4O2S/c1-13-6-4-5-7-16(13)28-12-15-10-14(8-9-17(15)27-2)11-23-26-19(18(21)22)24-25-20(26)29-3/h4-11,18H,12H2,1-3H3/b23-11-. The molecule has 0 radical (unpaired) electrons. The molecule has 3 rings (SSSR count). The van der Waals surface area contributed by atoms with Crippen molar-refractivity contribution in [1.82, 2.24) is 14.9 Å². The fourth-order valence-corrected chi connectivity index (χ4v) is 3.07. The Balaban J connectivity index is 1.84. The third-order valence-corrected chi connectivity index (χ3v) is 4.74. The fraction of sp³-hybridized carbons (Fsp3) is 0.250. The second-order valence-corrected chi connectivity index (χ2v) is 6.80. The van der Waals surface area contributed by atoms with E-state index < -0.39 is 12.2 Å². The van der Waals surface area contributed by atoms with Gasteiger partial charge in [0, 0.05) is 5.56 Å². The number of aromatic nitrogens is 3. The van der Waals surface area contributed by atoms with E-state index in [0.717, 1.165) is 21.6 Å². The minimum atomic E-state index is -2.77. The fourth-order valence-electron chi connectivity index (χ4n) is 2.64. The lowest BCUT2D eigenvalue weighted by atomic mass is 10.1. The molecule has 0 amide bonds. The number of rotatable bonds is 8. The number of aryl methyl sites for hydroxylation is 1. The van der Waals surface area contributed by atoms with E-state index in [2.05, 4.69) is 15.3 Å². The largest absolute Gasteiger partial charge is 0.496 e. The van der Waals surface area contributed by atoms with Gasteiger partial charge in [0.2, 0.25) is 11.0 Å². The van der Waals surface area contributed by atoms with Crippen LogP contribution < -0.4 is 9.47 Å². The van der Waals surface area contributed by atoms with Crippen LogP contribution >= 0.6 is 11.8 Å². The summed E-state index contributed by atoms with van der Waals surface area (Å²) < 4.78 is 38.6. The summed E-state index contributed by atoms with van der Waals surface area (Å²) in [5, 5.41) is 11.7. The lowest BCUT2D eigenvalue weighted by Gasteiger charge is -2.12. The number of methoxy groups -OCH3 is 1. The van der Waals surface area contributed by atoms with Gasteiger partial charge in [0.15, 0.2) is 0 Å². The highest BCUT2D eigenvalue weighted by Gasteiger charge is 2.19. The molecule has 0 bridgehead atoms. The average Bonchev–Trinajstić information content (AvgIpc) is 3.15. The molecule has 3 aromatic rings. The number of halogens is 2. The van der Waals surface area contributed by atoms with Gasteiger partial charge in [-0.25, -0.2) is 8.78 Å². The van der Waals surface area contributed by atoms with Crippen LogP contribution in [0.4, 0.5) is 8.78 Å². The van der Waals surface area contributed by atoms with Crippen LogP contribution in [0.5, 0.6) is 11.5 Å². The van der Waals surface area contributed by atoms with Gasteiger partial charge in [-0.1, -0.05) is 30.0 Å². The number of para-hydroxylation sites is 1. The topological polar surface area (TPSA) is 61.5 Å². The van der Waals surface area contributed by atoms with Gasteiger partial charge in [-0.3, -0.25) is 0 Å². The second kappa shape index (κ2) is 9.51. The molecule has 1 heterocycles. The predicted molar refractivity (Wildman–Crippen MR) is 108 cm³/mol. The monoisotopic (exact) mass is 418 g/mol. The Morgan fingerprint density at radius 3 is 2.66 bits per heavy atom. The van der Waals surface area contributed by atoms with Crippen molar-refractivity contribution in [3.63, 3.8) is 0 Å². The minimum absolute atomic E-state index is 0.285. The quantitative estimate of drug-likeness (QED) is 0.391. The number of thioether (sulfide) groups is 1. The summed E-state index contributed by atoms with van der Waals surface area (Å²) >= 11 is 1.19. The summed E-state index contributed by atoms with van der Waals surface area (Å²) in [5.41, 5.74) is 2.54. The number of hydrogen-bond acceptors (Lipinski definition) is 6. The van der Waals surface area contributed by atoms with E-state index in [-0.39, 0.29) is 5.16 Å². The Bertz CT molecular complexity index is 1010. The zero-order chi connectivity index (χ0) is 20.8. The van der Waals surface area contributed by atoms with E-state index in [0.29, 0.717) is 17.9 Å². The highest BCUT2D eigenvalue weighted by molar-refractivity contribution is 7.98. The van der Waals surface area contributed by atoms with E-state index in [1.165, 1.54) is 18.0 Å². The molecule has 0 saturated heterocycles. The Kier molecular flexibility index (Phi) is 6.82. The third-order valence-electron chi connectivity index (χ3n) is 4.12. The molecule has 29 heavy (non-hydrogen) atoms. The van der Waals surface area contributed by atoms with Crippen LogP contribution in [0.15, 0.2) is 52.7 Å². The summed E-state index contributed by atoms with van der Waals surface area (Å²) in [4.78, 5) is 0. The van der Waals surface area contributed by atoms with Gasteiger partial charge in [0.25, 0.3) is 6.43 Å². The maximum Gasteiger partial charge on any atom is 0.299 e. The summed E-state index contributed by atoms with van der Waals surface area (Å²) in [6, 6.07) is 13.1. The van der Waals surface area contributed by atoms with Crippen molar-refractivity contribution in [2.45, 2.75) is 25.1 Å². The smallest absolute Gasteiger partial charge is 0.299 e. The summed E-state index contributed by atoms with van der Waals surface area (Å²) in [6.45, 7) is 2.26. The number of benzene rings is 2. The maximum atomic E-state index is 13.1.